The molecule has 0 fully saturated rings. The molecule has 5 heteroatoms. The van der Waals surface area contributed by atoms with Crippen LogP contribution in [0.1, 0.15) is 28.2 Å². The summed E-state index contributed by atoms with van der Waals surface area (Å²) in [7, 11) is 0. The zero-order valence-electron chi connectivity index (χ0n) is 6.71. The Bertz CT molecular complexity index is 315. The summed E-state index contributed by atoms with van der Waals surface area (Å²) in [6.07, 6.45) is -2.11. The molecule has 1 aromatic rings. The van der Waals surface area contributed by atoms with Gasteiger partial charge in [-0.05, 0) is 12.1 Å². The number of aromatic nitrogens is 1. The monoisotopic (exact) mass is 186 g/mol. The van der Waals surface area contributed by atoms with Crippen LogP contribution in [0.5, 0.6) is 0 Å². The first-order valence-corrected chi connectivity index (χ1v) is 3.62. The fourth-order valence-electron chi connectivity index (χ4n) is 0.957. The normalized spacial score (nSPS) is 10.5. The van der Waals surface area contributed by atoms with Gasteiger partial charge >= 0.3 is 0 Å². The smallest absolute Gasteiger partial charge is 0.265 e. The van der Waals surface area contributed by atoms with Gasteiger partial charge in [-0.1, -0.05) is 0 Å². The Morgan fingerprint density at radius 3 is 2.69 bits per heavy atom. The molecule has 1 rings (SSSR count). The Morgan fingerprint density at radius 2 is 2.23 bits per heavy atom. The lowest BCUT2D eigenvalue weighted by Crippen LogP contribution is -2.06. The molecule has 1 aromatic heterocycles. The standard InChI is InChI=1S/C8H8F2N2O/c9-8(10)6-2-1-5(4-13)12-7(6)3-11/h1-2,4,8H,3,11H2. The number of pyridine rings is 1. The van der Waals surface area contributed by atoms with E-state index in [2.05, 4.69) is 4.98 Å². The van der Waals surface area contributed by atoms with Gasteiger partial charge in [-0.25, -0.2) is 13.8 Å². The Morgan fingerprint density at radius 1 is 1.54 bits per heavy atom. The highest BCUT2D eigenvalue weighted by Crippen LogP contribution is 2.21. The molecule has 0 bridgehead atoms. The molecule has 0 saturated heterocycles. The zero-order chi connectivity index (χ0) is 9.84. The van der Waals surface area contributed by atoms with E-state index in [0.717, 1.165) is 0 Å². The van der Waals surface area contributed by atoms with Crippen molar-refractivity contribution >= 4 is 6.29 Å². The lowest BCUT2D eigenvalue weighted by atomic mass is 10.2. The molecule has 70 valence electrons. The average Bonchev–Trinajstić information content (AvgIpc) is 2.16. The highest BCUT2D eigenvalue weighted by molar-refractivity contribution is 5.71. The van der Waals surface area contributed by atoms with E-state index in [4.69, 9.17) is 5.73 Å². The van der Waals surface area contributed by atoms with E-state index in [-0.39, 0.29) is 23.5 Å². The van der Waals surface area contributed by atoms with Crippen molar-refractivity contribution in [3.8, 4) is 0 Å². The van der Waals surface area contributed by atoms with Crippen molar-refractivity contribution in [1.29, 1.82) is 0 Å². The van der Waals surface area contributed by atoms with E-state index in [9.17, 15) is 13.6 Å². The average molecular weight is 186 g/mol. The number of nitrogens with two attached hydrogens (primary N) is 1. The van der Waals surface area contributed by atoms with E-state index >= 15 is 0 Å². The number of nitrogens with zero attached hydrogens (tertiary/aromatic N) is 1. The second-order valence-electron chi connectivity index (χ2n) is 2.39. The number of aldehydes is 1. The highest BCUT2D eigenvalue weighted by Gasteiger charge is 2.13. The molecule has 13 heavy (non-hydrogen) atoms. The molecule has 1 heterocycles. The Kier molecular flexibility index (Phi) is 3.02. The number of halogens is 2. The molecule has 0 radical (unpaired) electrons. The van der Waals surface area contributed by atoms with Crippen molar-refractivity contribution in [3.05, 3.63) is 29.1 Å². The number of carbonyl (C=O) groups is 1. The van der Waals surface area contributed by atoms with Crippen molar-refractivity contribution in [3.63, 3.8) is 0 Å². The van der Waals surface area contributed by atoms with Gasteiger partial charge in [0, 0.05) is 12.1 Å². The molecule has 0 unspecified atom stereocenters. The number of carbonyl (C=O) groups excluding carboxylic acids is 1. The zero-order valence-corrected chi connectivity index (χ0v) is 6.71. The maximum absolute atomic E-state index is 12.3. The summed E-state index contributed by atoms with van der Waals surface area (Å²) >= 11 is 0. The second kappa shape index (κ2) is 4.04. The summed E-state index contributed by atoms with van der Waals surface area (Å²) in [5.74, 6) is 0. The van der Waals surface area contributed by atoms with E-state index in [0.29, 0.717) is 6.29 Å². The predicted molar refractivity (Wildman–Crippen MR) is 42.5 cm³/mol. The van der Waals surface area contributed by atoms with E-state index in [1.54, 1.807) is 0 Å². The summed E-state index contributed by atoms with van der Waals surface area (Å²) < 4.78 is 24.5. The van der Waals surface area contributed by atoms with Gasteiger partial charge in [-0.3, -0.25) is 4.79 Å². The molecule has 0 amide bonds. The molecule has 0 aromatic carbocycles. The molecule has 0 spiro atoms. The van der Waals surface area contributed by atoms with Crippen molar-refractivity contribution < 1.29 is 13.6 Å². The van der Waals surface area contributed by atoms with Gasteiger partial charge in [0.15, 0.2) is 6.29 Å². The van der Waals surface area contributed by atoms with Crippen LogP contribution in [-0.4, -0.2) is 11.3 Å². The van der Waals surface area contributed by atoms with Gasteiger partial charge in [0.05, 0.1) is 5.69 Å². The van der Waals surface area contributed by atoms with Crippen molar-refractivity contribution in [1.82, 2.24) is 4.98 Å². The topological polar surface area (TPSA) is 56.0 Å². The molecule has 3 nitrogen and oxygen atoms in total. The molecular formula is C8H8F2N2O. The first kappa shape index (κ1) is 9.73. The van der Waals surface area contributed by atoms with Gasteiger partial charge in [-0.2, -0.15) is 0 Å². The van der Waals surface area contributed by atoms with Gasteiger partial charge in [0.2, 0.25) is 0 Å². The molecule has 0 aliphatic rings. The van der Waals surface area contributed by atoms with Crippen LogP contribution >= 0.6 is 0 Å². The third-order valence-corrected chi connectivity index (χ3v) is 1.58. The number of alkyl halides is 2. The summed E-state index contributed by atoms with van der Waals surface area (Å²) in [6.45, 7) is -0.0959. The molecule has 2 N–H and O–H groups in total. The van der Waals surface area contributed by atoms with Crippen LogP contribution in [0.4, 0.5) is 8.78 Å². The minimum atomic E-state index is -2.60. The minimum Gasteiger partial charge on any atom is -0.325 e. The van der Waals surface area contributed by atoms with Crippen LogP contribution in [0.3, 0.4) is 0 Å². The third-order valence-electron chi connectivity index (χ3n) is 1.58. The Balaban J connectivity index is 3.15. The fraction of sp³-hybridized carbons (Fsp3) is 0.250. The molecule has 0 saturated carbocycles. The van der Waals surface area contributed by atoms with Crippen LogP contribution in [0.25, 0.3) is 0 Å². The maximum atomic E-state index is 12.3. The number of rotatable bonds is 3. The van der Waals surface area contributed by atoms with Crippen LogP contribution in [0.15, 0.2) is 12.1 Å². The Labute approximate surface area is 73.6 Å². The highest BCUT2D eigenvalue weighted by atomic mass is 19.3. The SMILES string of the molecule is NCc1nc(C=O)ccc1C(F)F. The van der Waals surface area contributed by atoms with Crippen LogP contribution in [0, 0.1) is 0 Å². The fourth-order valence-corrected chi connectivity index (χ4v) is 0.957. The first-order chi connectivity index (χ1) is 6.19. The molecule has 0 aliphatic carbocycles. The number of hydrogen-bond donors (Lipinski definition) is 1. The second-order valence-corrected chi connectivity index (χ2v) is 2.39. The molecule has 0 atom stereocenters. The van der Waals surface area contributed by atoms with Crippen LogP contribution < -0.4 is 5.73 Å². The van der Waals surface area contributed by atoms with E-state index < -0.39 is 6.43 Å². The van der Waals surface area contributed by atoms with Crippen molar-refractivity contribution in [2.75, 3.05) is 0 Å². The van der Waals surface area contributed by atoms with Crippen LogP contribution in [-0.2, 0) is 6.54 Å². The summed E-state index contributed by atoms with van der Waals surface area (Å²) in [6, 6.07) is 2.41. The van der Waals surface area contributed by atoms with Gasteiger partial charge in [0.1, 0.15) is 5.69 Å². The van der Waals surface area contributed by atoms with E-state index in [1.165, 1.54) is 12.1 Å². The predicted octanol–water partition coefficient (Wildman–Crippen LogP) is 1.29. The number of hydrogen-bond acceptors (Lipinski definition) is 3. The quantitative estimate of drug-likeness (QED) is 0.723. The lowest BCUT2D eigenvalue weighted by molar-refractivity contribution is 0.111. The first-order valence-electron chi connectivity index (χ1n) is 3.62. The molecular weight excluding hydrogens is 178 g/mol. The Hall–Kier alpha value is -1.36. The van der Waals surface area contributed by atoms with Crippen molar-refractivity contribution in [2.45, 2.75) is 13.0 Å². The van der Waals surface area contributed by atoms with E-state index in [1.807, 2.05) is 0 Å². The molecule has 0 aliphatic heterocycles. The maximum Gasteiger partial charge on any atom is 0.265 e. The third kappa shape index (κ3) is 2.06. The lowest BCUT2D eigenvalue weighted by Gasteiger charge is -2.05. The summed E-state index contributed by atoms with van der Waals surface area (Å²) in [5.41, 5.74) is 5.17. The van der Waals surface area contributed by atoms with Gasteiger partial charge < -0.3 is 5.73 Å². The van der Waals surface area contributed by atoms with Crippen molar-refractivity contribution in [2.24, 2.45) is 5.73 Å². The largest absolute Gasteiger partial charge is 0.325 e. The summed E-state index contributed by atoms with van der Waals surface area (Å²) in [4.78, 5) is 13.9. The van der Waals surface area contributed by atoms with Gasteiger partial charge in [0.25, 0.3) is 6.43 Å². The summed E-state index contributed by atoms with van der Waals surface area (Å²) in [5, 5.41) is 0. The van der Waals surface area contributed by atoms with Crippen LogP contribution in [0.2, 0.25) is 0 Å². The van der Waals surface area contributed by atoms with Gasteiger partial charge in [-0.15, -0.1) is 0 Å². The minimum absolute atomic E-state index is 0.0691.